The molecule has 23 heavy (non-hydrogen) atoms. The lowest BCUT2D eigenvalue weighted by molar-refractivity contribution is -0.131. The minimum absolute atomic E-state index is 0. The Labute approximate surface area is 146 Å². The number of carbonyl (C=O) groups is 2. The zero-order valence-electron chi connectivity index (χ0n) is 14.9. The second-order valence-electron chi connectivity index (χ2n) is 6.66. The Balaban J connectivity index is 0.00000484. The highest BCUT2D eigenvalue weighted by Crippen LogP contribution is 2.20. The highest BCUT2D eigenvalue weighted by atomic mass is 35.5. The first kappa shape index (κ1) is 22.0. The molecule has 3 amide bonds. The number of halogens is 1. The van der Waals surface area contributed by atoms with Crippen LogP contribution in [-0.4, -0.2) is 68.6 Å². The zero-order chi connectivity index (χ0) is 16.5. The lowest BCUT2D eigenvalue weighted by Gasteiger charge is -2.33. The van der Waals surface area contributed by atoms with Crippen molar-refractivity contribution >= 4 is 24.3 Å². The first-order chi connectivity index (χ1) is 10.4. The van der Waals surface area contributed by atoms with E-state index in [1.807, 2.05) is 19.0 Å². The second kappa shape index (κ2) is 11.5. The molecule has 7 heteroatoms. The van der Waals surface area contributed by atoms with Crippen LogP contribution in [0.3, 0.4) is 0 Å². The van der Waals surface area contributed by atoms with Crippen LogP contribution in [0.15, 0.2) is 0 Å². The van der Waals surface area contributed by atoms with E-state index in [0.717, 1.165) is 32.5 Å². The number of amides is 3. The van der Waals surface area contributed by atoms with Crippen LogP contribution >= 0.6 is 12.4 Å². The van der Waals surface area contributed by atoms with Gasteiger partial charge in [-0.05, 0) is 31.7 Å². The van der Waals surface area contributed by atoms with Crippen molar-refractivity contribution in [2.75, 3.05) is 46.8 Å². The lowest BCUT2D eigenvalue weighted by Crippen LogP contribution is -2.47. The number of nitrogens with one attached hydrogen (secondary N) is 2. The molecule has 0 saturated carbocycles. The third kappa shape index (κ3) is 8.42. The number of nitrogens with zero attached hydrogens (tertiary/aromatic N) is 2. The highest BCUT2D eigenvalue weighted by molar-refractivity contribution is 5.85. The summed E-state index contributed by atoms with van der Waals surface area (Å²) >= 11 is 0. The first-order valence-electron chi connectivity index (χ1n) is 8.35. The molecule has 0 bridgehead atoms. The molecule has 0 aromatic heterocycles. The monoisotopic (exact) mass is 348 g/mol. The topological polar surface area (TPSA) is 64.7 Å². The van der Waals surface area contributed by atoms with Gasteiger partial charge in [0.2, 0.25) is 5.91 Å². The summed E-state index contributed by atoms with van der Waals surface area (Å²) in [4.78, 5) is 27.9. The fraction of sp³-hybridized carbons (Fsp3) is 0.875. The molecule has 0 aliphatic carbocycles. The van der Waals surface area contributed by atoms with Crippen LogP contribution < -0.4 is 10.6 Å². The third-order valence-electron chi connectivity index (χ3n) is 4.05. The zero-order valence-corrected chi connectivity index (χ0v) is 15.7. The van der Waals surface area contributed by atoms with Crippen molar-refractivity contribution in [2.24, 2.45) is 11.8 Å². The van der Waals surface area contributed by atoms with E-state index in [1.54, 1.807) is 4.90 Å². The van der Waals surface area contributed by atoms with Crippen molar-refractivity contribution < 1.29 is 9.59 Å². The summed E-state index contributed by atoms with van der Waals surface area (Å²) in [7, 11) is 3.72. The molecule has 1 atom stereocenters. The van der Waals surface area contributed by atoms with Gasteiger partial charge in [-0.3, -0.25) is 4.79 Å². The van der Waals surface area contributed by atoms with Gasteiger partial charge in [0.15, 0.2) is 0 Å². The van der Waals surface area contributed by atoms with Crippen molar-refractivity contribution in [2.45, 2.75) is 33.1 Å². The van der Waals surface area contributed by atoms with E-state index in [2.05, 4.69) is 24.5 Å². The molecule has 1 saturated heterocycles. The first-order valence-corrected chi connectivity index (χ1v) is 8.35. The fourth-order valence-corrected chi connectivity index (χ4v) is 2.63. The van der Waals surface area contributed by atoms with Crippen molar-refractivity contribution in [3.8, 4) is 0 Å². The van der Waals surface area contributed by atoms with Crippen molar-refractivity contribution in [1.82, 2.24) is 20.4 Å². The van der Waals surface area contributed by atoms with Gasteiger partial charge >= 0.3 is 6.03 Å². The molecule has 1 rings (SSSR count). The number of likely N-dealkylation sites (tertiary alicyclic amines) is 1. The summed E-state index contributed by atoms with van der Waals surface area (Å²) in [6.07, 6.45) is 2.54. The molecular formula is C16H33ClN4O2. The normalized spacial score (nSPS) is 17.6. The minimum atomic E-state index is 0. The van der Waals surface area contributed by atoms with Crippen molar-refractivity contribution in [3.63, 3.8) is 0 Å². The van der Waals surface area contributed by atoms with Crippen LogP contribution in [0, 0.1) is 11.8 Å². The van der Waals surface area contributed by atoms with Gasteiger partial charge in [0, 0.05) is 46.2 Å². The van der Waals surface area contributed by atoms with Gasteiger partial charge < -0.3 is 20.4 Å². The van der Waals surface area contributed by atoms with E-state index in [9.17, 15) is 9.59 Å². The molecule has 0 aromatic rings. The molecule has 1 heterocycles. The van der Waals surface area contributed by atoms with Crippen LogP contribution in [0.2, 0.25) is 0 Å². The predicted octanol–water partition coefficient (Wildman–Crippen LogP) is 1.55. The van der Waals surface area contributed by atoms with Crippen LogP contribution in [0.5, 0.6) is 0 Å². The Kier molecular flexibility index (Phi) is 11.0. The Bertz CT molecular complexity index is 366. The Morgan fingerprint density at radius 2 is 2.04 bits per heavy atom. The van der Waals surface area contributed by atoms with E-state index in [0.29, 0.717) is 25.4 Å². The summed E-state index contributed by atoms with van der Waals surface area (Å²) in [5.74, 6) is 0.903. The average molecular weight is 349 g/mol. The maximum Gasteiger partial charge on any atom is 0.317 e. The predicted molar refractivity (Wildman–Crippen MR) is 96.0 cm³/mol. The van der Waals surface area contributed by atoms with Gasteiger partial charge in [-0.15, -0.1) is 12.4 Å². The van der Waals surface area contributed by atoms with E-state index in [4.69, 9.17) is 0 Å². The Morgan fingerprint density at radius 1 is 1.35 bits per heavy atom. The number of hydrogen-bond acceptors (Lipinski definition) is 3. The second-order valence-corrected chi connectivity index (χ2v) is 6.66. The largest absolute Gasteiger partial charge is 0.344 e. The molecule has 6 nitrogen and oxygen atoms in total. The van der Waals surface area contributed by atoms with E-state index >= 15 is 0 Å². The Morgan fingerprint density at radius 3 is 2.65 bits per heavy atom. The van der Waals surface area contributed by atoms with Gasteiger partial charge in [0.1, 0.15) is 0 Å². The number of rotatable bonds is 7. The smallest absolute Gasteiger partial charge is 0.317 e. The molecule has 0 spiro atoms. The maximum absolute atomic E-state index is 12.2. The van der Waals surface area contributed by atoms with Crippen LogP contribution in [-0.2, 0) is 4.79 Å². The molecule has 0 aromatic carbocycles. The SMILES string of the molecule is CNCCN(C)C(=O)CC1CCCN(C(=O)NCC(C)C)C1.Cl. The molecule has 1 aliphatic rings. The molecule has 2 N–H and O–H groups in total. The van der Waals surface area contributed by atoms with Gasteiger partial charge in [-0.2, -0.15) is 0 Å². The fourth-order valence-electron chi connectivity index (χ4n) is 2.63. The highest BCUT2D eigenvalue weighted by Gasteiger charge is 2.26. The van der Waals surface area contributed by atoms with Crippen LogP contribution in [0.25, 0.3) is 0 Å². The summed E-state index contributed by atoms with van der Waals surface area (Å²) in [6.45, 7) is 7.88. The van der Waals surface area contributed by atoms with E-state index in [1.165, 1.54) is 0 Å². The van der Waals surface area contributed by atoms with Crippen molar-refractivity contribution in [1.29, 1.82) is 0 Å². The van der Waals surface area contributed by atoms with Crippen LogP contribution in [0.1, 0.15) is 33.1 Å². The summed E-state index contributed by atoms with van der Waals surface area (Å²) in [5.41, 5.74) is 0. The number of hydrogen-bond donors (Lipinski definition) is 2. The van der Waals surface area contributed by atoms with Crippen LogP contribution in [0.4, 0.5) is 4.79 Å². The number of piperidine rings is 1. The minimum Gasteiger partial charge on any atom is -0.344 e. The number of urea groups is 1. The molecule has 0 radical (unpaired) electrons. The lowest BCUT2D eigenvalue weighted by atomic mass is 9.94. The molecule has 1 unspecified atom stereocenters. The summed E-state index contributed by atoms with van der Waals surface area (Å²) in [6, 6.07) is 0.00869. The van der Waals surface area contributed by atoms with E-state index < -0.39 is 0 Å². The van der Waals surface area contributed by atoms with Gasteiger partial charge in [-0.25, -0.2) is 4.79 Å². The molecule has 1 aliphatic heterocycles. The third-order valence-corrected chi connectivity index (χ3v) is 4.05. The summed E-state index contributed by atoms with van der Waals surface area (Å²) < 4.78 is 0. The molecule has 136 valence electrons. The van der Waals surface area contributed by atoms with Crippen molar-refractivity contribution in [3.05, 3.63) is 0 Å². The van der Waals surface area contributed by atoms with Gasteiger partial charge in [0.25, 0.3) is 0 Å². The number of likely N-dealkylation sites (N-methyl/N-ethyl adjacent to an activating group) is 2. The maximum atomic E-state index is 12.2. The van der Waals surface area contributed by atoms with Gasteiger partial charge in [0.05, 0.1) is 0 Å². The molecular weight excluding hydrogens is 316 g/mol. The average Bonchev–Trinajstić information content (AvgIpc) is 2.50. The summed E-state index contributed by atoms with van der Waals surface area (Å²) in [5, 5.41) is 6.01. The number of carbonyl (C=O) groups excluding carboxylic acids is 2. The van der Waals surface area contributed by atoms with Gasteiger partial charge in [-0.1, -0.05) is 13.8 Å². The molecule has 1 fully saturated rings. The Hall–Kier alpha value is -1.01. The van der Waals surface area contributed by atoms with E-state index in [-0.39, 0.29) is 30.3 Å². The quantitative estimate of drug-likeness (QED) is 0.733. The standard InChI is InChI=1S/C16H32N4O2.ClH/c1-13(2)11-18-16(22)20-8-5-6-14(12-20)10-15(21)19(4)9-7-17-3;/h13-14,17H,5-12H2,1-4H3,(H,18,22);1H.